The smallest absolute Gasteiger partial charge is 0.239 e. The van der Waals surface area contributed by atoms with Crippen LogP contribution in [0.1, 0.15) is 32.8 Å². The fraction of sp³-hybridized carbons (Fsp3) is 0.529. The van der Waals surface area contributed by atoms with Gasteiger partial charge in [-0.05, 0) is 31.2 Å². The first-order valence-corrected chi connectivity index (χ1v) is 7.75. The molecule has 22 heavy (non-hydrogen) atoms. The molecule has 0 spiro atoms. The number of nitrogens with one attached hydrogen (secondary N) is 2. The lowest BCUT2D eigenvalue weighted by Crippen LogP contribution is -2.47. The van der Waals surface area contributed by atoms with Crippen LogP contribution in [0.15, 0.2) is 30.3 Å². The van der Waals surface area contributed by atoms with Gasteiger partial charge in [0.1, 0.15) is 0 Å². The van der Waals surface area contributed by atoms with Crippen LogP contribution in [-0.4, -0.2) is 30.4 Å². The molecule has 0 fully saturated rings. The number of nitrogens with two attached hydrogens (primary N) is 1. The molecule has 5 heteroatoms. The Hall–Kier alpha value is -1.88. The van der Waals surface area contributed by atoms with Gasteiger partial charge in [0.2, 0.25) is 11.8 Å². The van der Waals surface area contributed by atoms with Crippen LogP contribution >= 0.6 is 0 Å². The first-order chi connectivity index (χ1) is 10.4. The molecule has 5 nitrogen and oxygen atoms in total. The summed E-state index contributed by atoms with van der Waals surface area (Å²) in [5.74, 6) is 0.0214. The minimum atomic E-state index is -0.650. The van der Waals surface area contributed by atoms with E-state index in [0.717, 1.165) is 12.0 Å². The van der Waals surface area contributed by atoms with Gasteiger partial charge in [-0.15, -0.1) is 0 Å². The van der Waals surface area contributed by atoms with Crippen molar-refractivity contribution in [3.63, 3.8) is 0 Å². The normalized spacial score (nSPS) is 13.5. The number of carbonyl (C=O) groups is 2. The first-order valence-electron chi connectivity index (χ1n) is 7.75. The largest absolute Gasteiger partial charge is 0.352 e. The van der Waals surface area contributed by atoms with E-state index in [1.807, 2.05) is 37.3 Å². The zero-order valence-corrected chi connectivity index (χ0v) is 13.6. The molecule has 0 heterocycles. The van der Waals surface area contributed by atoms with Gasteiger partial charge >= 0.3 is 0 Å². The molecule has 2 amide bonds. The Morgan fingerprint density at radius 3 is 2.36 bits per heavy atom. The number of benzene rings is 1. The Morgan fingerprint density at radius 2 is 1.77 bits per heavy atom. The van der Waals surface area contributed by atoms with Crippen LogP contribution in [0.3, 0.4) is 0 Å². The Kier molecular flexibility index (Phi) is 7.60. The lowest BCUT2D eigenvalue weighted by atomic mass is 10.1. The van der Waals surface area contributed by atoms with Crippen LogP contribution in [0.4, 0.5) is 0 Å². The SMILES string of the molecule is CC(C)CC(C)NC(=O)CNC(=O)C(N)Cc1ccccc1. The van der Waals surface area contributed by atoms with Crippen molar-refractivity contribution in [3.05, 3.63) is 35.9 Å². The molecular formula is C17H27N3O2. The van der Waals surface area contributed by atoms with Gasteiger partial charge in [-0.1, -0.05) is 44.2 Å². The lowest BCUT2D eigenvalue weighted by Gasteiger charge is -2.17. The molecule has 0 aliphatic rings. The van der Waals surface area contributed by atoms with Crippen molar-refractivity contribution in [2.45, 2.75) is 45.7 Å². The van der Waals surface area contributed by atoms with E-state index in [4.69, 9.17) is 5.73 Å². The quantitative estimate of drug-likeness (QED) is 0.675. The lowest BCUT2D eigenvalue weighted by molar-refractivity contribution is -0.127. The van der Waals surface area contributed by atoms with Crippen LogP contribution in [-0.2, 0) is 16.0 Å². The van der Waals surface area contributed by atoms with Crippen LogP contribution in [0.5, 0.6) is 0 Å². The second kappa shape index (κ2) is 9.20. The van der Waals surface area contributed by atoms with Gasteiger partial charge in [0.25, 0.3) is 0 Å². The van der Waals surface area contributed by atoms with Crippen LogP contribution in [0.2, 0.25) is 0 Å². The topological polar surface area (TPSA) is 84.2 Å². The van der Waals surface area contributed by atoms with Crippen molar-refractivity contribution in [2.24, 2.45) is 11.7 Å². The summed E-state index contributed by atoms with van der Waals surface area (Å²) in [6, 6.07) is 9.02. The average Bonchev–Trinajstić information content (AvgIpc) is 2.44. The van der Waals surface area contributed by atoms with Crippen molar-refractivity contribution in [3.8, 4) is 0 Å². The minimum Gasteiger partial charge on any atom is -0.352 e. The fourth-order valence-corrected chi connectivity index (χ4v) is 2.35. The molecule has 1 aromatic carbocycles. The third-order valence-corrected chi connectivity index (χ3v) is 3.29. The molecule has 2 unspecified atom stereocenters. The Labute approximate surface area is 132 Å². The predicted molar refractivity (Wildman–Crippen MR) is 88.2 cm³/mol. The summed E-state index contributed by atoms with van der Waals surface area (Å²) >= 11 is 0. The van der Waals surface area contributed by atoms with E-state index < -0.39 is 6.04 Å². The number of carbonyl (C=O) groups excluding carboxylic acids is 2. The Balaban J connectivity index is 2.31. The zero-order valence-electron chi connectivity index (χ0n) is 13.6. The van der Waals surface area contributed by atoms with E-state index in [0.29, 0.717) is 12.3 Å². The molecule has 2 atom stereocenters. The highest BCUT2D eigenvalue weighted by molar-refractivity contribution is 5.87. The molecule has 0 aliphatic heterocycles. The van der Waals surface area contributed by atoms with Crippen LogP contribution < -0.4 is 16.4 Å². The number of hydrogen-bond donors (Lipinski definition) is 3. The third kappa shape index (κ3) is 7.22. The summed E-state index contributed by atoms with van der Waals surface area (Å²) < 4.78 is 0. The molecule has 122 valence electrons. The Morgan fingerprint density at radius 1 is 1.14 bits per heavy atom. The number of hydrogen-bond acceptors (Lipinski definition) is 3. The van der Waals surface area contributed by atoms with E-state index in [9.17, 15) is 9.59 Å². The molecule has 0 saturated heterocycles. The highest BCUT2D eigenvalue weighted by Crippen LogP contribution is 2.03. The van der Waals surface area contributed by atoms with E-state index >= 15 is 0 Å². The highest BCUT2D eigenvalue weighted by atomic mass is 16.2. The molecule has 0 radical (unpaired) electrons. The summed E-state index contributed by atoms with van der Waals surface area (Å²) in [4.78, 5) is 23.7. The maximum atomic E-state index is 11.9. The maximum Gasteiger partial charge on any atom is 0.239 e. The van der Waals surface area contributed by atoms with Crippen LogP contribution in [0, 0.1) is 5.92 Å². The summed E-state index contributed by atoms with van der Waals surface area (Å²) in [5, 5.41) is 5.45. The van der Waals surface area contributed by atoms with Crippen molar-refractivity contribution >= 4 is 11.8 Å². The van der Waals surface area contributed by atoms with Gasteiger partial charge in [0, 0.05) is 6.04 Å². The molecule has 0 aromatic heterocycles. The van der Waals surface area contributed by atoms with E-state index in [-0.39, 0.29) is 24.4 Å². The molecule has 4 N–H and O–H groups in total. The van der Waals surface area contributed by atoms with Gasteiger partial charge in [-0.25, -0.2) is 0 Å². The van der Waals surface area contributed by atoms with Crippen molar-refractivity contribution in [1.82, 2.24) is 10.6 Å². The molecule has 1 aromatic rings. The molecular weight excluding hydrogens is 278 g/mol. The fourth-order valence-electron chi connectivity index (χ4n) is 2.35. The first kappa shape index (κ1) is 18.2. The van der Waals surface area contributed by atoms with Gasteiger partial charge in [-0.2, -0.15) is 0 Å². The monoisotopic (exact) mass is 305 g/mol. The summed E-state index contributed by atoms with van der Waals surface area (Å²) in [6.45, 7) is 6.13. The highest BCUT2D eigenvalue weighted by Gasteiger charge is 2.15. The van der Waals surface area contributed by atoms with Crippen molar-refractivity contribution in [2.75, 3.05) is 6.54 Å². The summed E-state index contributed by atoms with van der Waals surface area (Å²) in [6.07, 6.45) is 1.37. The summed E-state index contributed by atoms with van der Waals surface area (Å²) in [5.41, 5.74) is 6.86. The van der Waals surface area contributed by atoms with E-state index in [1.165, 1.54) is 0 Å². The Bertz CT molecular complexity index is 474. The van der Waals surface area contributed by atoms with Gasteiger partial charge in [0.05, 0.1) is 12.6 Å². The van der Waals surface area contributed by atoms with Crippen molar-refractivity contribution in [1.29, 1.82) is 0 Å². The zero-order chi connectivity index (χ0) is 16.5. The standard InChI is InChI=1S/C17H27N3O2/c1-12(2)9-13(3)20-16(21)11-19-17(22)15(18)10-14-7-5-4-6-8-14/h4-8,12-13,15H,9-11,18H2,1-3H3,(H,19,22)(H,20,21). The molecule has 0 aliphatic carbocycles. The number of rotatable bonds is 8. The van der Waals surface area contributed by atoms with Gasteiger partial charge in [-0.3, -0.25) is 9.59 Å². The maximum absolute atomic E-state index is 11.9. The minimum absolute atomic E-state index is 0.0379. The number of amides is 2. The van der Waals surface area contributed by atoms with E-state index in [2.05, 4.69) is 24.5 Å². The van der Waals surface area contributed by atoms with E-state index in [1.54, 1.807) is 0 Å². The average molecular weight is 305 g/mol. The predicted octanol–water partition coefficient (Wildman–Crippen LogP) is 1.22. The van der Waals surface area contributed by atoms with Gasteiger partial charge < -0.3 is 16.4 Å². The van der Waals surface area contributed by atoms with Crippen molar-refractivity contribution < 1.29 is 9.59 Å². The molecule has 0 bridgehead atoms. The molecule has 0 saturated carbocycles. The second-order valence-electron chi connectivity index (χ2n) is 6.11. The third-order valence-electron chi connectivity index (χ3n) is 3.29. The molecule has 1 rings (SSSR count). The van der Waals surface area contributed by atoms with Gasteiger partial charge in [0.15, 0.2) is 0 Å². The van der Waals surface area contributed by atoms with Crippen LogP contribution in [0.25, 0.3) is 0 Å². The summed E-state index contributed by atoms with van der Waals surface area (Å²) in [7, 11) is 0. The second-order valence-corrected chi connectivity index (χ2v) is 6.11.